The van der Waals surface area contributed by atoms with E-state index < -0.39 is 0 Å². The zero-order valence-electron chi connectivity index (χ0n) is 9.64. The van der Waals surface area contributed by atoms with Crippen LogP contribution in [0.25, 0.3) is 0 Å². The molecule has 0 spiro atoms. The molecule has 1 heteroatoms. The fourth-order valence-corrected chi connectivity index (χ4v) is 1.50. The lowest BCUT2D eigenvalue weighted by Crippen LogP contribution is -2.04. The largest absolute Gasteiger partial charge is 0.381 e. The van der Waals surface area contributed by atoms with Gasteiger partial charge in [0.1, 0.15) is 0 Å². The highest BCUT2D eigenvalue weighted by molar-refractivity contribution is 4.53. The van der Waals surface area contributed by atoms with Crippen LogP contribution in [-0.2, 0) is 4.74 Å². The Morgan fingerprint density at radius 2 is 1.62 bits per heavy atom. The minimum Gasteiger partial charge on any atom is -0.381 e. The highest BCUT2D eigenvalue weighted by Gasteiger charge is 2.01. The van der Waals surface area contributed by atoms with Gasteiger partial charge in [-0.05, 0) is 18.8 Å². The predicted octanol–water partition coefficient (Wildman–Crippen LogP) is 4.02. The van der Waals surface area contributed by atoms with Gasteiger partial charge in [-0.1, -0.05) is 46.5 Å². The van der Waals surface area contributed by atoms with E-state index in [0.29, 0.717) is 0 Å². The lowest BCUT2D eigenvalue weighted by molar-refractivity contribution is 0.115. The Balaban J connectivity index is 3.05. The van der Waals surface area contributed by atoms with Crippen molar-refractivity contribution >= 4 is 0 Å². The zero-order chi connectivity index (χ0) is 9.94. The van der Waals surface area contributed by atoms with Crippen LogP contribution in [0.2, 0.25) is 0 Å². The molecule has 1 nitrogen and oxygen atoms in total. The first-order valence-corrected chi connectivity index (χ1v) is 5.92. The molecule has 0 radical (unpaired) electrons. The first-order valence-electron chi connectivity index (χ1n) is 5.92. The smallest absolute Gasteiger partial charge is 0.0468 e. The molecule has 0 atom stereocenters. The third-order valence-electron chi connectivity index (χ3n) is 2.72. The van der Waals surface area contributed by atoms with Gasteiger partial charge in [0, 0.05) is 13.2 Å². The molecule has 0 aromatic carbocycles. The van der Waals surface area contributed by atoms with Crippen molar-refractivity contribution in [3.8, 4) is 0 Å². The Hall–Kier alpha value is -0.0400. The summed E-state index contributed by atoms with van der Waals surface area (Å²) in [4.78, 5) is 0. The topological polar surface area (TPSA) is 9.23 Å². The first kappa shape index (κ1) is 13.0. The molecule has 0 fully saturated rings. The molecule has 0 aliphatic heterocycles. The lowest BCUT2D eigenvalue weighted by Gasteiger charge is -2.11. The molecule has 0 saturated carbocycles. The van der Waals surface area contributed by atoms with Crippen molar-refractivity contribution in [1.29, 1.82) is 0 Å². The summed E-state index contributed by atoms with van der Waals surface area (Å²) in [6.07, 6.45) is 7.68. The monoisotopic (exact) mass is 186 g/mol. The standard InChI is InChI=1S/C12H26O/c1-4-7-8-10-13-11-9-12(5-2)6-3/h12H,4-11H2,1-3H3. The summed E-state index contributed by atoms with van der Waals surface area (Å²) < 4.78 is 5.57. The maximum atomic E-state index is 5.57. The Labute approximate surface area is 83.9 Å². The van der Waals surface area contributed by atoms with E-state index in [1.54, 1.807) is 0 Å². The van der Waals surface area contributed by atoms with Crippen molar-refractivity contribution in [2.45, 2.75) is 59.3 Å². The third kappa shape index (κ3) is 8.29. The van der Waals surface area contributed by atoms with Crippen LogP contribution in [0.15, 0.2) is 0 Å². The highest BCUT2D eigenvalue weighted by atomic mass is 16.5. The van der Waals surface area contributed by atoms with Gasteiger partial charge in [-0.3, -0.25) is 0 Å². The second-order valence-corrected chi connectivity index (χ2v) is 3.79. The summed E-state index contributed by atoms with van der Waals surface area (Å²) in [6, 6.07) is 0. The molecule has 0 saturated heterocycles. The van der Waals surface area contributed by atoms with E-state index in [2.05, 4.69) is 20.8 Å². The number of hydrogen-bond acceptors (Lipinski definition) is 1. The van der Waals surface area contributed by atoms with Crippen LogP contribution in [0.5, 0.6) is 0 Å². The molecule has 0 N–H and O–H groups in total. The van der Waals surface area contributed by atoms with Gasteiger partial charge in [-0.2, -0.15) is 0 Å². The lowest BCUT2D eigenvalue weighted by atomic mass is 10.0. The fraction of sp³-hybridized carbons (Fsp3) is 1.00. The number of ether oxygens (including phenoxy) is 1. The second-order valence-electron chi connectivity index (χ2n) is 3.79. The van der Waals surface area contributed by atoms with Crippen molar-refractivity contribution in [3.05, 3.63) is 0 Å². The number of hydrogen-bond donors (Lipinski definition) is 0. The maximum Gasteiger partial charge on any atom is 0.0468 e. The van der Waals surface area contributed by atoms with Crippen LogP contribution in [0.1, 0.15) is 59.3 Å². The Morgan fingerprint density at radius 3 is 2.15 bits per heavy atom. The van der Waals surface area contributed by atoms with Crippen LogP contribution >= 0.6 is 0 Å². The molecule has 0 amide bonds. The van der Waals surface area contributed by atoms with Crippen LogP contribution in [0, 0.1) is 5.92 Å². The minimum absolute atomic E-state index is 0.881. The van der Waals surface area contributed by atoms with Crippen LogP contribution < -0.4 is 0 Å². The van der Waals surface area contributed by atoms with E-state index in [9.17, 15) is 0 Å². The molecule has 0 bridgehead atoms. The summed E-state index contributed by atoms with van der Waals surface area (Å²) in [5, 5.41) is 0. The average Bonchev–Trinajstić information content (AvgIpc) is 2.17. The molecule has 0 unspecified atom stereocenters. The average molecular weight is 186 g/mol. The van der Waals surface area contributed by atoms with Crippen molar-refractivity contribution in [1.82, 2.24) is 0 Å². The van der Waals surface area contributed by atoms with Crippen molar-refractivity contribution in [3.63, 3.8) is 0 Å². The summed E-state index contributed by atoms with van der Waals surface area (Å²) in [6.45, 7) is 8.70. The van der Waals surface area contributed by atoms with Gasteiger partial charge in [-0.15, -0.1) is 0 Å². The second kappa shape index (κ2) is 10.0. The van der Waals surface area contributed by atoms with Gasteiger partial charge in [0.05, 0.1) is 0 Å². The molecule has 0 aromatic rings. The molecule has 13 heavy (non-hydrogen) atoms. The molecule has 0 aliphatic carbocycles. The highest BCUT2D eigenvalue weighted by Crippen LogP contribution is 2.12. The molecule has 0 rings (SSSR count). The zero-order valence-corrected chi connectivity index (χ0v) is 9.64. The van der Waals surface area contributed by atoms with Gasteiger partial charge in [0.15, 0.2) is 0 Å². The molecule has 0 heterocycles. The minimum atomic E-state index is 0.881. The van der Waals surface area contributed by atoms with E-state index in [-0.39, 0.29) is 0 Å². The Kier molecular flexibility index (Phi) is 10.0. The summed E-state index contributed by atoms with van der Waals surface area (Å²) in [7, 11) is 0. The molecule has 0 aliphatic rings. The van der Waals surface area contributed by atoms with Crippen LogP contribution in [0.3, 0.4) is 0 Å². The van der Waals surface area contributed by atoms with Crippen molar-refractivity contribution in [2.75, 3.05) is 13.2 Å². The number of unbranched alkanes of at least 4 members (excludes halogenated alkanes) is 2. The Morgan fingerprint density at radius 1 is 0.923 bits per heavy atom. The quantitative estimate of drug-likeness (QED) is 0.494. The number of rotatable bonds is 9. The van der Waals surface area contributed by atoms with E-state index in [4.69, 9.17) is 4.74 Å². The SMILES string of the molecule is CCCCCOCCC(CC)CC. The maximum absolute atomic E-state index is 5.57. The van der Waals surface area contributed by atoms with Crippen LogP contribution in [-0.4, -0.2) is 13.2 Å². The van der Waals surface area contributed by atoms with Gasteiger partial charge in [0.25, 0.3) is 0 Å². The summed E-state index contributed by atoms with van der Waals surface area (Å²) in [5.74, 6) is 0.881. The van der Waals surface area contributed by atoms with Gasteiger partial charge in [-0.25, -0.2) is 0 Å². The van der Waals surface area contributed by atoms with E-state index >= 15 is 0 Å². The van der Waals surface area contributed by atoms with Gasteiger partial charge in [0.2, 0.25) is 0 Å². The van der Waals surface area contributed by atoms with Gasteiger partial charge < -0.3 is 4.74 Å². The van der Waals surface area contributed by atoms with Crippen molar-refractivity contribution in [2.24, 2.45) is 5.92 Å². The molecular weight excluding hydrogens is 160 g/mol. The molecular formula is C12H26O. The van der Waals surface area contributed by atoms with Gasteiger partial charge >= 0.3 is 0 Å². The Bertz CT molecular complexity index is 87.1. The normalized spacial score (nSPS) is 11.1. The summed E-state index contributed by atoms with van der Waals surface area (Å²) >= 11 is 0. The van der Waals surface area contributed by atoms with Crippen molar-refractivity contribution < 1.29 is 4.74 Å². The first-order chi connectivity index (χ1) is 6.35. The summed E-state index contributed by atoms with van der Waals surface area (Å²) in [5.41, 5.74) is 0. The fourth-order valence-electron chi connectivity index (χ4n) is 1.50. The van der Waals surface area contributed by atoms with Crippen LogP contribution in [0.4, 0.5) is 0 Å². The third-order valence-corrected chi connectivity index (χ3v) is 2.72. The van der Waals surface area contributed by atoms with E-state index in [0.717, 1.165) is 19.1 Å². The predicted molar refractivity (Wildman–Crippen MR) is 59.0 cm³/mol. The molecule has 0 aromatic heterocycles. The molecule has 80 valence electrons. The van der Waals surface area contributed by atoms with E-state index in [1.807, 2.05) is 0 Å². The van der Waals surface area contributed by atoms with E-state index in [1.165, 1.54) is 38.5 Å².